The van der Waals surface area contributed by atoms with Crippen LogP contribution in [-0.2, 0) is 9.53 Å². The van der Waals surface area contributed by atoms with Crippen molar-refractivity contribution in [2.75, 3.05) is 0 Å². The summed E-state index contributed by atoms with van der Waals surface area (Å²) < 4.78 is 5.50. The van der Waals surface area contributed by atoms with Crippen molar-refractivity contribution in [3.63, 3.8) is 0 Å². The summed E-state index contributed by atoms with van der Waals surface area (Å²) in [6.45, 7) is 8.14. The Morgan fingerprint density at radius 3 is 2.20 bits per heavy atom. The summed E-state index contributed by atoms with van der Waals surface area (Å²) >= 11 is 0. The number of esters is 1. The van der Waals surface area contributed by atoms with E-state index in [-0.39, 0.29) is 28.7 Å². The van der Waals surface area contributed by atoms with E-state index in [1.54, 1.807) is 6.08 Å². The average Bonchev–Trinajstić information content (AvgIpc) is 2.61. The summed E-state index contributed by atoms with van der Waals surface area (Å²) in [6, 6.07) is 2.25. The fourth-order valence-electron chi connectivity index (χ4n) is 3.11. The third-order valence-electron chi connectivity index (χ3n) is 4.41. The molecular weight excluding hydrogens is 388 g/mol. The van der Waals surface area contributed by atoms with Crippen LogP contribution in [0.15, 0.2) is 47.1 Å². The highest BCUT2D eigenvalue weighted by atomic mass is 16.5. The largest absolute Gasteiger partial charge is 0.507 e. The second-order valence-corrected chi connectivity index (χ2v) is 8.04. The quantitative estimate of drug-likeness (QED) is 0.282. The number of allylic oxidation sites excluding steroid dienone is 2. The lowest BCUT2D eigenvalue weighted by Gasteiger charge is -2.24. The Morgan fingerprint density at radius 2 is 1.67 bits per heavy atom. The Hall–Kier alpha value is -3.19. The molecule has 0 radical (unpaired) electrons. The highest BCUT2D eigenvalue weighted by molar-refractivity contribution is 6.27. The summed E-state index contributed by atoms with van der Waals surface area (Å²) in [4.78, 5) is 38.1. The zero-order chi connectivity index (χ0) is 22.8. The Balaban J connectivity index is 2.48. The molecule has 0 heterocycles. The number of carbonyl (C=O) groups excluding carboxylic acids is 3. The summed E-state index contributed by atoms with van der Waals surface area (Å²) in [5, 5.41) is 30.0. The molecule has 1 aliphatic rings. The molecule has 0 spiro atoms. The van der Waals surface area contributed by atoms with Gasteiger partial charge in [-0.2, -0.15) is 0 Å². The second-order valence-electron chi connectivity index (χ2n) is 8.04. The van der Waals surface area contributed by atoms with Crippen LogP contribution in [0.1, 0.15) is 61.8 Å². The normalized spacial score (nSPS) is 15.3. The van der Waals surface area contributed by atoms with E-state index in [1.165, 1.54) is 26.8 Å². The lowest BCUT2D eigenvalue weighted by atomic mass is 9.85. The fraction of sp³-hybridized carbons (Fsp3) is 0.348. The number of fused-ring (bicyclic) bond motifs is 1. The van der Waals surface area contributed by atoms with Crippen molar-refractivity contribution in [2.24, 2.45) is 0 Å². The third-order valence-corrected chi connectivity index (χ3v) is 4.41. The van der Waals surface area contributed by atoms with Crippen LogP contribution in [0.3, 0.4) is 0 Å². The SMILES string of the molecule is CC(C)=CC[C@@H](OC(=O)/C(C)=C/C(C)(C)O)C1=CC(=O)c2c(O)ccc(O)c2C1=O. The van der Waals surface area contributed by atoms with Gasteiger partial charge in [0, 0.05) is 17.6 Å². The van der Waals surface area contributed by atoms with Gasteiger partial charge >= 0.3 is 5.97 Å². The maximum absolute atomic E-state index is 13.0. The van der Waals surface area contributed by atoms with Crippen molar-refractivity contribution < 1.29 is 34.4 Å². The maximum Gasteiger partial charge on any atom is 0.334 e. The molecule has 2 rings (SSSR count). The molecule has 1 aromatic carbocycles. The molecule has 0 aliphatic heterocycles. The van der Waals surface area contributed by atoms with Crippen LogP contribution >= 0.6 is 0 Å². The molecule has 0 saturated heterocycles. The number of Topliss-reactive ketones (excluding diaryl/α,β-unsaturated/α-hetero) is 1. The summed E-state index contributed by atoms with van der Waals surface area (Å²) in [7, 11) is 0. The van der Waals surface area contributed by atoms with Gasteiger partial charge < -0.3 is 20.1 Å². The second kappa shape index (κ2) is 8.67. The first-order chi connectivity index (χ1) is 13.8. The topological polar surface area (TPSA) is 121 Å². The first-order valence-electron chi connectivity index (χ1n) is 9.43. The van der Waals surface area contributed by atoms with E-state index in [9.17, 15) is 29.7 Å². The van der Waals surface area contributed by atoms with Crippen molar-refractivity contribution >= 4 is 17.5 Å². The van der Waals surface area contributed by atoms with Crippen molar-refractivity contribution in [1.82, 2.24) is 0 Å². The predicted octanol–water partition coefficient (Wildman–Crippen LogP) is 3.39. The molecule has 1 aliphatic carbocycles. The molecule has 7 nitrogen and oxygen atoms in total. The smallest absolute Gasteiger partial charge is 0.334 e. The molecule has 0 unspecified atom stereocenters. The zero-order valence-corrected chi connectivity index (χ0v) is 17.6. The van der Waals surface area contributed by atoms with Gasteiger partial charge in [-0.15, -0.1) is 0 Å². The van der Waals surface area contributed by atoms with Gasteiger partial charge in [0.1, 0.15) is 17.6 Å². The molecule has 0 fully saturated rings. The molecule has 3 N–H and O–H groups in total. The van der Waals surface area contributed by atoms with E-state index >= 15 is 0 Å². The van der Waals surface area contributed by atoms with E-state index in [0.717, 1.165) is 23.8 Å². The Kier molecular flexibility index (Phi) is 6.67. The average molecular weight is 414 g/mol. The van der Waals surface area contributed by atoms with Crippen LogP contribution in [0.25, 0.3) is 0 Å². The summed E-state index contributed by atoms with van der Waals surface area (Å²) in [5.74, 6) is -3.00. The predicted molar refractivity (Wildman–Crippen MR) is 110 cm³/mol. The summed E-state index contributed by atoms with van der Waals surface area (Å²) in [5.41, 5.74) is -0.892. The van der Waals surface area contributed by atoms with Crippen molar-refractivity contribution in [1.29, 1.82) is 0 Å². The number of aliphatic hydroxyl groups is 1. The molecule has 160 valence electrons. The third kappa shape index (κ3) is 5.24. The molecule has 0 amide bonds. The minimum Gasteiger partial charge on any atom is -0.507 e. The van der Waals surface area contributed by atoms with E-state index in [0.29, 0.717) is 0 Å². The molecule has 0 bridgehead atoms. The number of rotatable bonds is 6. The Bertz CT molecular complexity index is 984. The van der Waals surface area contributed by atoms with Gasteiger partial charge in [-0.1, -0.05) is 11.6 Å². The first kappa shape index (κ1) is 23.1. The van der Waals surface area contributed by atoms with Crippen LogP contribution in [-0.4, -0.2) is 44.6 Å². The monoisotopic (exact) mass is 414 g/mol. The Labute approximate surface area is 175 Å². The lowest BCUT2D eigenvalue weighted by Crippen LogP contribution is -2.29. The van der Waals surface area contributed by atoms with Gasteiger partial charge in [0.05, 0.1) is 16.7 Å². The van der Waals surface area contributed by atoms with Crippen LogP contribution in [0.5, 0.6) is 11.5 Å². The molecule has 1 atom stereocenters. The van der Waals surface area contributed by atoms with Gasteiger partial charge in [-0.25, -0.2) is 4.79 Å². The van der Waals surface area contributed by atoms with Crippen molar-refractivity contribution in [2.45, 2.75) is 52.7 Å². The standard InChI is InChI=1S/C23H26O7/c1-12(2)6-9-18(30-22(28)13(3)11-23(4,5)29)14-10-17(26)19-15(24)7-8-16(25)20(19)21(14)27/h6-8,10-11,18,24-25,29H,9H2,1-5H3/b13-11+/t18-/m1/s1. The number of aromatic hydroxyl groups is 2. The van der Waals surface area contributed by atoms with Crippen LogP contribution in [0.4, 0.5) is 0 Å². The van der Waals surface area contributed by atoms with E-state index < -0.39 is 40.7 Å². The number of phenols is 2. The van der Waals surface area contributed by atoms with Gasteiger partial charge in [-0.05, 0) is 58.9 Å². The molecular formula is C23H26O7. The van der Waals surface area contributed by atoms with Gasteiger partial charge in [0.25, 0.3) is 0 Å². The lowest BCUT2D eigenvalue weighted by molar-refractivity contribution is -0.142. The van der Waals surface area contributed by atoms with Crippen LogP contribution in [0, 0.1) is 0 Å². The number of hydrogen-bond acceptors (Lipinski definition) is 7. The van der Waals surface area contributed by atoms with Crippen LogP contribution in [0.2, 0.25) is 0 Å². The number of ketones is 2. The summed E-state index contributed by atoms with van der Waals surface area (Å²) in [6.07, 6.45) is 3.14. The number of carbonyl (C=O) groups is 3. The highest BCUT2D eigenvalue weighted by Crippen LogP contribution is 2.36. The van der Waals surface area contributed by atoms with Crippen LogP contribution < -0.4 is 0 Å². The van der Waals surface area contributed by atoms with Crippen molar-refractivity contribution in [3.05, 3.63) is 58.2 Å². The van der Waals surface area contributed by atoms with E-state index in [4.69, 9.17) is 4.74 Å². The Morgan fingerprint density at radius 1 is 1.10 bits per heavy atom. The molecule has 7 heteroatoms. The molecule has 0 aromatic heterocycles. The highest BCUT2D eigenvalue weighted by Gasteiger charge is 2.35. The molecule has 30 heavy (non-hydrogen) atoms. The van der Waals surface area contributed by atoms with Gasteiger partial charge in [-0.3, -0.25) is 9.59 Å². The fourth-order valence-corrected chi connectivity index (χ4v) is 3.11. The maximum atomic E-state index is 13.0. The van der Waals surface area contributed by atoms with E-state index in [1.807, 2.05) is 13.8 Å². The first-order valence-corrected chi connectivity index (χ1v) is 9.43. The zero-order valence-electron chi connectivity index (χ0n) is 17.6. The van der Waals surface area contributed by atoms with Gasteiger partial charge in [0.2, 0.25) is 0 Å². The molecule has 1 aromatic rings. The number of hydrogen-bond donors (Lipinski definition) is 3. The number of benzene rings is 1. The number of ether oxygens (including phenoxy) is 1. The van der Waals surface area contributed by atoms with Gasteiger partial charge in [0.15, 0.2) is 11.6 Å². The minimum absolute atomic E-state index is 0.102. The minimum atomic E-state index is -1.24. The van der Waals surface area contributed by atoms with E-state index in [2.05, 4.69) is 0 Å². The van der Waals surface area contributed by atoms with Crippen molar-refractivity contribution in [3.8, 4) is 11.5 Å². The molecule has 0 saturated carbocycles. The number of phenolic OH excluding ortho intramolecular Hbond substituents is 2.